The highest BCUT2D eigenvalue weighted by atomic mass is 16.4. The van der Waals surface area contributed by atoms with Crippen LogP contribution in [-0.2, 0) is 4.79 Å². The first-order valence-electron chi connectivity index (χ1n) is 5.17. The van der Waals surface area contributed by atoms with Crippen LogP contribution in [0.1, 0.15) is 39.5 Å². The van der Waals surface area contributed by atoms with E-state index in [1.165, 1.54) is 0 Å². The number of carbonyl (C=O) groups is 1. The average Bonchev–Trinajstić information content (AvgIpc) is 2.54. The molecule has 0 bridgehead atoms. The Morgan fingerprint density at radius 2 is 1.93 bits per heavy atom. The molecule has 1 rings (SSSR count). The van der Waals surface area contributed by atoms with Crippen molar-refractivity contribution in [3.8, 4) is 6.07 Å². The Bertz CT molecular complexity index is 259. The van der Waals surface area contributed by atoms with E-state index in [9.17, 15) is 4.79 Å². The van der Waals surface area contributed by atoms with Crippen molar-refractivity contribution in [3.63, 3.8) is 0 Å². The van der Waals surface area contributed by atoms with Gasteiger partial charge in [-0.2, -0.15) is 5.26 Å². The summed E-state index contributed by atoms with van der Waals surface area (Å²) in [6, 6.07) is 1.97. The zero-order chi connectivity index (χ0) is 10.8. The maximum atomic E-state index is 11.0. The van der Waals surface area contributed by atoms with Crippen LogP contribution in [0.4, 0.5) is 0 Å². The van der Waals surface area contributed by atoms with E-state index >= 15 is 0 Å². The molecule has 0 spiro atoms. The Labute approximate surface area is 84.7 Å². The van der Waals surface area contributed by atoms with Crippen molar-refractivity contribution in [1.29, 1.82) is 5.26 Å². The van der Waals surface area contributed by atoms with E-state index in [1.54, 1.807) is 0 Å². The van der Waals surface area contributed by atoms with Crippen LogP contribution in [-0.4, -0.2) is 11.1 Å². The maximum Gasteiger partial charge on any atom is 0.321 e. The standard InChI is InChI=1S/C11H17NO2/c1-8(2)11(5-3-4-6-11)9(7-12)10(13)14/h8-9H,3-6H2,1-2H3,(H,13,14). The molecule has 1 aliphatic carbocycles. The van der Waals surface area contributed by atoms with Crippen LogP contribution in [0.3, 0.4) is 0 Å². The summed E-state index contributed by atoms with van der Waals surface area (Å²) < 4.78 is 0. The quantitative estimate of drug-likeness (QED) is 0.752. The molecular weight excluding hydrogens is 178 g/mol. The highest BCUT2D eigenvalue weighted by Crippen LogP contribution is 2.49. The summed E-state index contributed by atoms with van der Waals surface area (Å²) in [6.07, 6.45) is 3.89. The Morgan fingerprint density at radius 1 is 1.43 bits per heavy atom. The highest BCUT2D eigenvalue weighted by Gasteiger charge is 2.47. The van der Waals surface area contributed by atoms with Crippen molar-refractivity contribution in [2.75, 3.05) is 0 Å². The van der Waals surface area contributed by atoms with Gasteiger partial charge in [0, 0.05) is 0 Å². The van der Waals surface area contributed by atoms with Gasteiger partial charge in [0.25, 0.3) is 0 Å². The van der Waals surface area contributed by atoms with Crippen LogP contribution in [0.15, 0.2) is 0 Å². The number of aliphatic carboxylic acids is 1. The first-order valence-corrected chi connectivity index (χ1v) is 5.17. The van der Waals surface area contributed by atoms with Crippen LogP contribution in [0, 0.1) is 28.6 Å². The summed E-state index contributed by atoms with van der Waals surface area (Å²) in [6.45, 7) is 4.05. The summed E-state index contributed by atoms with van der Waals surface area (Å²) in [5.74, 6) is -1.51. The molecule has 0 aromatic heterocycles. The summed E-state index contributed by atoms with van der Waals surface area (Å²) in [5, 5.41) is 18.0. The molecule has 1 aliphatic rings. The van der Waals surface area contributed by atoms with Crippen molar-refractivity contribution in [2.24, 2.45) is 17.3 Å². The number of hydrogen-bond acceptors (Lipinski definition) is 2. The van der Waals surface area contributed by atoms with Gasteiger partial charge in [0.05, 0.1) is 6.07 Å². The molecule has 0 aromatic rings. The van der Waals surface area contributed by atoms with E-state index in [0.29, 0.717) is 0 Å². The second kappa shape index (κ2) is 4.00. The molecule has 0 aliphatic heterocycles. The number of carboxylic acid groups (broad SMARTS) is 1. The van der Waals surface area contributed by atoms with Gasteiger partial charge in [-0.05, 0) is 24.2 Å². The van der Waals surface area contributed by atoms with Crippen molar-refractivity contribution in [2.45, 2.75) is 39.5 Å². The second-order valence-corrected chi connectivity index (χ2v) is 4.50. The third-order valence-corrected chi connectivity index (χ3v) is 3.64. The fraction of sp³-hybridized carbons (Fsp3) is 0.818. The summed E-state index contributed by atoms with van der Waals surface area (Å²) in [5.41, 5.74) is -0.277. The lowest BCUT2D eigenvalue weighted by Gasteiger charge is -2.35. The summed E-state index contributed by atoms with van der Waals surface area (Å²) >= 11 is 0. The van der Waals surface area contributed by atoms with Crippen LogP contribution in [0.2, 0.25) is 0 Å². The average molecular weight is 195 g/mol. The molecule has 1 N–H and O–H groups in total. The van der Waals surface area contributed by atoms with Crippen molar-refractivity contribution in [3.05, 3.63) is 0 Å². The van der Waals surface area contributed by atoms with Crippen molar-refractivity contribution < 1.29 is 9.90 Å². The molecule has 78 valence electrons. The van der Waals surface area contributed by atoms with E-state index in [4.69, 9.17) is 10.4 Å². The first kappa shape index (κ1) is 11.0. The molecular formula is C11H17NO2. The Morgan fingerprint density at radius 3 is 2.21 bits per heavy atom. The lowest BCUT2D eigenvalue weighted by molar-refractivity contribution is -0.145. The van der Waals surface area contributed by atoms with E-state index in [-0.39, 0.29) is 11.3 Å². The van der Waals surface area contributed by atoms with Gasteiger partial charge >= 0.3 is 5.97 Å². The minimum atomic E-state index is -0.955. The topological polar surface area (TPSA) is 61.1 Å². The Hall–Kier alpha value is -1.04. The lowest BCUT2D eigenvalue weighted by atomic mass is 9.67. The molecule has 0 saturated heterocycles. The lowest BCUT2D eigenvalue weighted by Crippen LogP contribution is -2.37. The van der Waals surface area contributed by atoms with Crippen LogP contribution in [0.5, 0.6) is 0 Å². The highest BCUT2D eigenvalue weighted by molar-refractivity contribution is 5.74. The minimum Gasteiger partial charge on any atom is -0.480 e. The van der Waals surface area contributed by atoms with E-state index in [0.717, 1.165) is 25.7 Å². The van der Waals surface area contributed by atoms with Gasteiger partial charge in [0.1, 0.15) is 5.92 Å². The first-order chi connectivity index (χ1) is 6.54. The van der Waals surface area contributed by atoms with Crippen molar-refractivity contribution in [1.82, 2.24) is 0 Å². The van der Waals surface area contributed by atoms with Gasteiger partial charge in [-0.15, -0.1) is 0 Å². The van der Waals surface area contributed by atoms with Gasteiger partial charge in [-0.3, -0.25) is 4.79 Å². The summed E-state index contributed by atoms with van der Waals surface area (Å²) in [7, 11) is 0. The zero-order valence-corrected chi connectivity index (χ0v) is 8.79. The van der Waals surface area contributed by atoms with Crippen LogP contribution < -0.4 is 0 Å². The number of nitriles is 1. The van der Waals surface area contributed by atoms with E-state index in [1.807, 2.05) is 19.9 Å². The third kappa shape index (κ3) is 1.61. The zero-order valence-electron chi connectivity index (χ0n) is 8.79. The number of rotatable bonds is 3. The molecule has 1 unspecified atom stereocenters. The Balaban J connectivity index is 2.98. The van der Waals surface area contributed by atoms with Crippen LogP contribution in [0.25, 0.3) is 0 Å². The molecule has 1 atom stereocenters. The monoisotopic (exact) mass is 195 g/mol. The third-order valence-electron chi connectivity index (χ3n) is 3.64. The van der Waals surface area contributed by atoms with Gasteiger partial charge < -0.3 is 5.11 Å². The predicted molar refractivity (Wildman–Crippen MR) is 52.5 cm³/mol. The molecule has 1 fully saturated rings. The molecule has 3 heteroatoms. The smallest absolute Gasteiger partial charge is 0.321 e. The van der Waals surface area contributed by atoms with Crippen molar-refractivity contribution >= 4 is 5.97 Å². The molecule has 0 radical (unpaired) electrons. The number of carboxylic acids is 1. The van der Waals surface area contributed by atoms with Crippen LogP contribution >= 0.6 is 0 Å². The maximum absolute atomic E-state index is 11.0. The van der Waals surface area contributed by atoms with Gasteiger partial charge in [-0.25, -0.2) is 0 Å². The molecule has 0 amide bonds. The van der Waals surface area contributed by atoms with Gasteiger partial charge in [0.15, 0.2) is 0 Å². The number of hydrogen-bond donors (Lipinski definition) is 1. The number of nitrogens with zero attached hydrogens (tertiary/aromatic N) is 1. The fourth-order valence-corrected chi connectivity index (χ4v) is 2.66. The van der Waals surface area contributed by atoms with E-state index in [2.05, 4.69) is 0 Å². The predicted octanol–water partition coefficient (Wildman–Crippen LogP) is 2.43. The molecule has 0 aromatic carbocycles. The van der Waals surface area contributed by atoms with E-state index < -0.39 is 11.9 Å². The molecule has 0 heterocycles. The Kier molecular flexibility index (Phi) is 3.15. The normalized spacial score (nSPS) is 21.9. The van der Waals surface area contributed by atoms with Gasteiger partial charge in [0.2, 0.25) is 0 Å². The summed E-state index contributed by atoms with van der Waals surface area (Å²) in [4.78, 5) is 11.0. The van der Waals surface area contributed by atoms with Gasteiger partial charge in [-0.1, -0.05) is 26.7 Å². The molecule has 1 saturated carbocycles. The fourth-order valence-electron chi connectivity index (χ4n) is 2.66. The minimum absolute atomic E-state index is 0.269. The molecule has 3 nitrogen and oxygen atoms in total. The second-order valence-electron chi connectivity index (χ2n) is 4.50. The largest absolute Gasteiger partial charge is 0.480 e. The molecule has 14 heavy (non-hydrogen) atoms. The SMILES string of the molecule is CC(C)C1(C(C#N)C(=O)O)CCCC1.